The van der Waals surface area contributed by atoms with Gasteiger partial charge in [-0.05, 0) is 24.3 Å². The van der Waals surface area contributed by atoms with E-state index < -0.39 is 6.09 Å². The maximum absolute atomic E-state index is 12.9. The molecule has 2 atom stereocenters. The van der Waals surface area contributed by atoms with Crippen LogP contribution >= 0.6 is 0 Å². The summed E-state index contributed by atoms with van der Waals surface area (Å²) in [6.45, 7) is 0.805. The summed E-state index contributed by atoms with van der Waals surface area (Å²) in [7, 11) is 0. The number of nitrogens with zero attached hydrogens (tertiary/aromatic N) is 1. The molecule has 1 aromatic rings. The van der Waals surface area contributed by atoms with Crippen molar-refractivity contribution in [3.05, 3.63) is 35.6 Å². The van der Waals surface area contributed by atoms with Crippen LogP contribution in [0.25, 0.3) is 0 Å². The maximum Gasteiger partial charge on any atom is 0.405 e. The highest BCUT2D eigenvalue weighted by Crippen LogP contribution is 2.45. The molecule has 2 aliphatic rings. The molecule has 1 heterocycles. The summed E-state index contributed by atoms with van der Waals surface area (Å²) in [5.41, 5.74) is 0.443. The smallest absolute Gasteiger partial charge is 0.405 e. The zero-order valence-corrected chi connectivity index (χ0v) is 12.2. The second kappa shape index (κ2) is 5.86. The zero-order chi connectivity index (χ0) is 16.6. The molecule has 3 rings (SSSR count). The first kappa shape index (κ1) is 15.3. The maximum atomic E-state index is 12.9. The number of piperidine rings is 1. The van der Waals surface area contributed by atoms with Crippen LogP contribution in [0.5, 0.6) is 0 Å². The number of halogens is 1. The molecular formula is C15H16FN3O4. The Morgan fingerprint density at radius 3 is 2.35 bits per heavy atom. The molecule has 23 heavy (non-hydrogen) atoms. The van der Waals surface area contributed by atoms with Crippen LogP contribution < -0.4 is 10.6 Å². The van der Waals surface area contributed by atoms with Gasteiger partial charge in [0, 0.05) is 36.5 Å². The SMILES string of the molecule is O=C(O)NCC(=O)NC1C2CN(C(=O)c3ccc(F)cc3)CC21. The van der Waals surface area contributed by atoms with Gasteiger partial charge < -0.3 is 20.6 Å². The molecule has 2 unspecified atom stereocenters. The fraction of sp³-hybridized carbons (Fsp3) is 0.400. The molecule has 122 valence electrons. The summed E-state index contributed by atoms with van der Waals surface area (Å²) in [5.74, 6) is -0.497. The lowest BCUT2D eigenvalue weighted by Crippen LogP contribution is -2.41. The van der Waals surface area contributed by atoms with Crippen molar-refractivity contribution < 1.29 is 23.9 Å². The lowest BCUT2D eigenvalue weighted by atomic mass is 10.2. The molecule has 0 bridgehead atoms. The molecular weight excluding hydrogens is 305 g/mol. The van der Waals surface area contributed by atoms with Crippen LogP contribution in [0.1, 0.15) is 10.4 Å². The highest BCUT2D eigenvalue weighted by molar-refractivity contribution is 5.94. The Hall–Kier alpha value is -2.64. The van der Waals surface area contributed by atoms with Gasteiger partial charge in [0.1, 0.15) is 5.82 Å². The zero-order valence-electron chi connectivity index (χ0n) is 12.2. The van der Waals surface area contributed by atoms with E-state index >= 15 is 0 Å². The van der Waals surface area contributed by atoms with Gasteiger partial charge in [0.15, 0.2) is 0 Å². The number of hydrogen-bond donors (Lipinski definition) is 3. The lowest BCUT2D eigenvalue weighted by molar-refractivity contribution is -0.120. The number of amides is 3. The van der Waals surface area contributed by atoms with E-state index in [4.69, 9.17) is 5.11 Å². The third-order valence-electron chi connectivity index (χ3n) is 4.30. The number of likely N-dealkylation sites (tertiary alicyclic amines) is 1. The Labute approximate surface area is 131 Å². The average molecular weight is 321 g/mol. The first-order valence-corrected chi connectivity index (χ1v) is 7.26. The van der Waals surface area contributed by atoms with Crippen LogP contribution in [0.2, 0.25) is 0 Å². The van der Waals surface area contributed by atoms with Crippen molar-refractivity contribution in [2.45, 2.75) is 6.04 Å². The molecule has 1 aliphatic heterocycles. The van der Waals surface area contributed by atoms with Crippen molar-refractivity contribution in [3.63, 3.8) is 0 Å². The molecule has 0 aromatic heterocycles. The molecule has 7 nitrogen and oxygen atoms in total. The van der Waals surface area contributed by atoms with Gasteiger partial charge >= 0.3 is 6.09 Å². The molecule has 2 fully saturated rings. The number of rotatable bonds is 4. The predicted molar refractivity (Wildman–Crippen MR) is 77.2 cm³/mol. The predicted octanol–water partition coefficient (Wildman–Crippen LogP) is 0.280. The second-order valence-electron chi connectivity index (χ2n) is 5.80. The van der Waals surface area contributed by atoms with Crippen LogP contribution in [-0.2, 0) is 4.79 Å². The van der Waals surface area contributed by atoms with Crippen LogP contribution in [0, 0.1) is 17.7 Å². The van der Waals surface area contributed by atoms with E-state index in [9.17, 15) is 18.8 Å². The molecule has 1 aromatic carbocycles. The van der Waals surface area contributed by atoms with Crippen molar-refractivity contribution in [2.24, 2.45) is 11.8 Å². The van der Waals surface area contributed by atoms with Gasteiger partial charge in [-0.1, -0.05) is 0 Å². The van der Waals surface area contributed by atoms with Gasteiger partial charge in [0.05, 0.1) is 6.54 Å². The van der Waals surface area contributed by atoms with Gasteiger partial charge in [-0.2, -0.15) is 0 Å². The van der Waals surface area contributed by atoms with E-state index in [1.807, 2.05) is 5.32 Å². The largest absolute Gasteiger partial charge is 0.465 e. The van der Waals surface area contributed by atoms with E-state index in [0.29, 0.717) is 18.7 Å². The fourth-order valence-electron chi connectivity index (χ4n) is 3.07. The number of fused-ring (bicyclic) bond motifs is 1. The average Bonchev–Trinajstić information content (AvgIpc) is 2.96. The minimum absolute atomic E-state index is 0.00429. The van der Waals surface area contributed by atoms with E-state index in [1.54, 1.807) is 4.90 Å². The normalized spacial score (nSPS) is 24.7. The van der Waals surface area contributed by atoms with Gasteiger partial charge in [0.25, 0.3) is 5.91 Å². The van der Waals surface area contributed by atoms with Crippen molar-refractivity contribution in [2.75, 3.05) is 19.6 Å². The summed E-state index contributed by atoms with van der Waals surface area (Å²) in [5, 5.41) is 13.2. The van der Waals surface area contributed by atoms with Gasteiger partial charge in [-0.15, -0.1) is 0 Å². The fourth-order valence-corrected chi connectivity index (χ4v) is 3.07. The monoisotopic (exact) mass is 321 g/mol. The van der Waals surface area contributed by atoms with Crippen LogP contribution in [0.15, 0.2) is 24.3 Å². The Morgan fingerprint density at radius 1 is 1.17 bits per heavy atom. The van der Waals surface area contributed by atoms with Crippen molar-refractivity contribution in [3.8, 4) is 0 Å². The Kier molecular flexibility index (Phi) is 3.89. The first-order valence-electron chi connectivity index (χ1n) is 7.26. The van der Waals surface area contributed by atoms with Crippen molar-refractivity contribution >= 4 is 17.9 Å². The highest BCUT2D eigenvalue weighted by atomic mass is 19.1. The Balaban J connectivity index is 1.47. The van der Waals surface area contributed by atoms with E-state index in [2.05, 4.69) is 5.32 Å². The summed E-state index contributed by atoms with van der Waals surface area (Å²) in [6.07, 6.45) is -1.24. The van der Waals surface area contributed by atoms with Crippen molar-refractivity contribution in [1.29, 1.82) is 0 Å². The number of carboxylic acid groups (broad SMARTS) is 1. The van der Waals surface area contributed by atoms with Gasteiger partial charge in [0.2, 0.25) is 5.91 Å². The first-order chi connectivity index (χ1) is 11.0. The minimum atomic E-state index is -1.24. The second-order valence-corrected chi connectivity index (χ2v) is 5.80. The third-order valence-corrected chi connectivity index (χ3v) is 4.30. The Morgan fingerprint density at radius 2 is 1.78 bits per heavy atom. The third kappa shape index (κ3) is 3.25. The summed E-state index contributed by atoms with van der Waals surface area (Å²) in [6, 6.07) is 5.41. The molecule has 8 heteroatoms. The topological polar surface area (TPSA) is 98.7 Å². The number of carbonyl (C=O) groups is 3. The van der Waals surface area contributed by atoms with Crippen LogP contribution in [0.3, 0.4) is 0 Å². The number of carbonyl (C=O) groups excluding carboxylic acids is 2. The molecule has 0 radical (unpaired) electrons. The molecule has 1 aliphatic carbocycles. The van der Waals surface area contributed by atoms with Crippen LogP contribution in [-0.4, -0.2) is 53.6 Å². The molecule has 1 saturated carbocycles. The van der Waals surface area contributed by atoms with Gasteiger partial charge in [-0.25, -0.2) is 9.18 Å². The summed E-state index contributed by atoms with van der Waals surface area (Å²) < 4.78 is 12.9. The van der Waals surface area contributed by atoms with E-state index in [1.165, 1.54) is 24.3 Å². The van der Waals surface area contributed by atoms with E-state index in [0.717, 1.165) is 0 Å². The number of benzene rings is 1. The van der Waals surface area contributed by atoms with Gasteiger partial charge in [-0.3, -0.25) is 9.59 Å². The standard InChI is InChI=1S/C15H16FN3O4/c16-9-3-1-8(2-4-9)14(21)19-6-10-11(7-19)13(10)18-12(20)5-17-15(22)23/h1-4,10-11,13,17H,5-7H2,(H,18,20)(H,22,23). The van der Waals surface area contributed by atoms with Crippen LogP contribution in [0.4, 0.5) is 9.18 Å². The number of hydrogen-bond acceptors (Lipinski definition) is 3. The van der Waals surface area contributed by atoms with Crippen molar-refractivity contribution in [1.82, 2.24) is 15.5 Å². The highest BCUT2D eigenvalue weighted by Gasteiger charge is 2.57. The van der Waals surface area contributed by atoms with E-state index in [-0.39, 0.29) is 42.1 Å². The molecule has 0 spiro atoms. The number of nitrogens with one attached hydrogen (secondary N) is 2. The molecule has 3 amide bonds. The molecule has 3 N–H and O–H groups in total. The lowest BCUT2D eigenvalue weighted by Gasteiger charge is -2.20. The quantitative estimate of drug-likeness (QED) is 0.742. The minimum Gasteiger partial charge on any atom is -0.465 e. The summed E-state index contributed by atoms with van der Waals surface area (Å²) in [4.78, 5) is 35.8. The molecule has 1 saturated heterocycles. The summed E-state index contributed by atoms with van der Waals surface area (Å²) >= 11 is 0. The Bertz CT molecular complexity index is 637.